The highest BCUT2D eigenvalue weighted by atomic mass is 35.5. The van der Waals surface area contributed by atoms with Gasteiger partial charge in [0.05, 0.1) is 11.4 Å². The van der Waals surface area contributed by atoms with E-state index in [2.05, 4.69) is 38.0 Å². The van der Waals surface area contributed by atoms with Crippen LogP contribution in [0.3, 0.4) is 0 Å². The van der Waals surface area contributed by atoms with Crippen LogP contribution >= 0.6 is 24.2 Å². The summed E-state index contributed by atoms with van der Waals surface area (Å²) in [6, 6.07) is 10.8. The first-order valence-corrected chi connectivity index (χ1v) is 17.2. The molecule has 5 rings (SSSR count). The van der Waals surface area contributed by atoms with E-state index in [1.54, 1.807) is 43.4 Å². The van der Waals surface area contributed by atoms with Crippen LogP contribution in [0.15, 0.2) is 53.7 Å². The number of amides is 2. The molecule has 2 heterocycles. The molecule has 2 aromatic rings. The number of likely N-dealkylation sites (N-methyl/N-ethyl adjacent to an activating group) is 1. The molecule has 0 saturated heterocycles. The third kappa shape index (κ3) is 10.1. The Kier molecular flexibility index (Phi) is 12.6. The first-order valence-electron chi connectivity index (χ1n) is 16.3. The number of carbonyl (C=O) groups is 2. The largest absolute Gasteiger partial charge is 0.447 e. The van der Waals surface area contributed by atoms with Gasteiger partial charge in [0.2, 0.25) is 0 Å². The minimum Gasteiger partial charge on any atom is -0.447 e. The lowest BCUT2D eigenvalue weighted by atomic mass is 9.99. The van der Waals surface area contributed by atoms with Gasteiger partial charge in [0.15, 0.2) is 12.0 Å². The number of hydrogen-bond acceptors (Lipinski definition) is 9. The summed E-state index contributed by atoms with van der Waals surface area (Å²) in [7, 11) is 3.51. The summed E-state index contributed by atoms with van der Waals surface area (Å²) in [5, 5.41) is 5.29. The zero-order chi connectivity index (χ0) is 36.2. The number of guanidine groups is 1. The maximum Gasteiger partial charge on any atom is 0.407 e. The Hall–Kier alpha value is -3.39. The van der Waals surface area contributed by atoms with E-state index in [4.69, 9.17) is 34.7 Å². The molecule has 3 aliphatic rings. The standard InChI is InChI=1S/C30H36ClF2N7O3S.C5H12/c1-4-37(2)27(44)22-13-19(9-12-23(22)31)24(16-43-30(42)35-21-10-11-21)40-26(41)25(36-29(40)34)18-7-5-17(6-8-18)20-14-38(3)39(15-20)28(32)33;1-5(2,3)4/h5-9,12-13,15,21,24-25,27-28,44H,4,10-11,14,16H2,1-3H3,(H2,34,36)(H,35,42);1-4H3/t24-,25-,27?;/m1./s1. The molecule has 2 aromatic carbocycles. The molecule has 14 heteroatoms. The lowest BCUT2D eigenvalue weighted by Crippen LogP contribution is -2.43. The van der Waals surface area contributed by atoms with Gasteiger partial charge in [-0.15, -0.1) is 0 Å². The average Bonchev–Trinajstić information content (AvgIpc) is 3.68. The summed E-state index contributed by atoms with van der Waals surface area (Å²) in [5.74, 6) is -0.405. The Morgan fingerprint density at radius 2 is 1.82 bits per heavy atom. The van der Waals surface area contributed by atoms with Crippen molar-refractivity contribution in [2.75, 3.05) is 33.8 Å². The highest BCUT2D eigenvalue weighted by Gasteiger charge is 2.40. The van der Waals surface area contributed by atoms with E-state index in [1.807, 2.05) is 24.9 Å². The Labute approximate surface area is 298 Å². The Bertz CT molecular complexity index is 1540. The van der Waals surface area contributed by atoms with Crippen LogP contribution in [0.5, 0.6) is 0 Å². The molecule has 3 atom stereocenters. The molecule has 0 aromatic heterocycles. The van der Waals surface area contributed by atoms with Gasteiger partial charge in [0.25, 0.3) is 5.91 Å². The van der Waals surface area contributed by atoms with Crippen molar-refractivity contribution in [2.24, 2.45) is 16.1 Å². The van der Waals surface area contributed by atoms with Gasteiger partial charge in [-0.2, -0.15) is 21.4 Å². The maximum atomic E-state index is 13.9. The summed E-state index contributed by atoms with van der Waals surface area (Å²) < 4.78 is 32.1. The second-order valence-corrected chi connectivity index (χ2v) is 15.0. The third-order valence-corrected chi connectivity index (χ3v) is 9.06. The second kappa shape index (κ2) is 16.1. The lowest BCUT2D eigenvalue weighted by molar-refractivity contribution is -0.129. The van der Waals surface area contributed by atoms with Crippen LogP contribution < -0.4 is 11.1 Å². The van der Waals surface area contributed by atoms with Crippen molar-refractivity contribution in [3.05, 3.63) is 75.9 Å². The van der Waals surface area contributed by atoms with Gasteiger partial charge >= 0.3 is 12.6 Å². The zero-order valence-electron chi connectivity index (χ0n) is 29.2. The van der Waals surface area contributed by atoms with Gasteiger partial charge in [-0.1, -0.05) is 76.6 Å². The molecular weight excluding hydrogens is 672 g/mol. The highest BCUT2D eigenvalue weighted by molar-refractivity contribution is 7.80. The predicted octanol–water partition coefficient (Wildman–Crippen LogP) is 6.83. The first kappa shape index (κ1) is 38.4. The van der Waals surface area contributed by atoms with Crippen molar-refractivity contribution < 1.29 is 23.1 Å². The number of alkyl carbamates (subject to hydrolysis) is 1. The topological polar surface area (TPSA) is 107 Å². The highest BCUT2D eigenvalue weighted by Crippen LogP contribution is 2.37. The quantitative estimate of drug-likeness (QED) is 0.133. The number of nitrogens with two attached hydrogens (primary N) is 1. The summed E-state index contributed by atoms with van der Waals surface area (Å²) in [6.07, 6.45) is 2.64. The summed E-state index contributed by atoms with van der Waals surface area (Å²) >= 11 is 11.3. The van der Waals surface area contributed by atoms with Crippen molar-refractivity contribution in [3.63, 3.8) is 0 Å². The number of benzene rings is 2. The van der Waals surface area contributed by atoms with Crippen LogP contribution in [0.25, 0.3) is 5.57 Å². The molecule has 1 aliphatic carbocycles. The van der Waals surface area contributed by atoms with Crippen molar-refractivity contribution in [2.45, 2.75) is 77.5 Å². The fraction of sp³-hybridized carbons (Fsp3) is 0.514. The Morgan fingerprint density at radius 1 is 1.18 bits per heavy atom. The number of ether oxygens (including phenoxy) is 1. The fourth-order valence-corrected chi connectivity index (χ4v) is 5.86. The molecular formula is C35H48ClF2N7O3S. The molecule has 49 heavy (non-hydrogen) atoms. The number of rotatable bonds is 11. The smallest absolute Gasteiger partial charge is 0.407 e. The van der Waals surface area contributed by atoms with Crippen molar-refractivity contribution in [3.8, 4) is 0 Å². The molecule has 2 aliphatic heterocycles. The molecule has 1 fully saturated rings. The van der Waals surface area contributed by atoms with Gasteiger partial charge in [0.1, 0.15) is 6.61 Å². The van der Waals surface area contributed by atoms with Gasteiger partial charge in [0, 0.05) is 30.9 Å². The molecule has 1 saturated carbocycles. The molecule has 1 unspecified atom stereocenters. The van der Waals surface area contributed by atoms with Crippen molar-refractivity contribution in [1.82, 2.24) is 25.1 Å². The Morgan fingerprint density at radius 3 is 2.37 bits per heavy atom. The van der Waals surface area contributed by atoms with E-state index < -0.39 is 24.7 Å². The van der Waals surface area contributed by atoms with E-state index in [9.17, 15) is 18.4 Å². The third-order valence-electron chi connectivity index (χ3n) is 8.04. The number of carbonyl (C=O) groups excluding carboxylic acids is 2. The fourth-order valence-electron chi connectivity index (χ4n) is 5.19. The first-order chi connectivity index (χ1) is 23.0. The average molecular weight is 720 g/mol. The van der Waals surface area contributed by atoms with Crippen LogP contribution in [-0.2, 0) is 9.53 Å². The van der Waals surface area contributed by atoms with Crippen molar-refractivity contribution >= 4 is 47.8 Å². The minimum absolute atomic E-state index is 0.0161. The van der Waals surface area contributed by atoms with Gasteiger partial charge in [-0.25, -0.2) is 14.8 Å². The normalized spacial score (nSPS) is 19.4. The number of nitrogens with one attached hydrogen (secondary N) is 1. The zero-order valence-corrected chi connectivity index (χ0v) is 30.8. The van der Waals surface area contributed by atoms with Crippen LogP contribution in [0.1, 0.15) is 87.2 Å². The Balaban J connectivity index is 0.00000101. The summed E-state index contributed by atoms with van der Waals surface area (Å²) in [5.41, 5.74) is 10.3. The number of hydrogen-bond donors (Lipinski definition) is 3. The molecule has 2 amide bonds. The number of alkyl halides is 2. The van der Waals surface area contributed by atoms with E-state index in [0.29, 0.717) is 28.1 Å². The van der Waals surface area contributed by atoms with Crippen LogP contribution in [-0.4, -0.2) is 84.2 Å². The van der Waals surface area contributed by atoms with Crippen LogP contribution in [0.4, 0.5) is 13.6 Å². The predicted molar refractivity (Wildman–Crippen MR) is 193 cm³/mol. The molecule has 268 valence electrons. The number of halogens is 3. The van der Waals surface area contributed by atoms with Crippen LogP contribution in [0, 0.1) is 5.41 Å². The van der Waals surface area contributed by atoms with E-state index in [1.165, 1.54) is 16.1 Å². The lowest BCUT2D eigenvalue weighted by Gasteiger charge is -2.30. The molecule has 0 spiro atoms. The van der Waals surface area contributed by atoms with E-state index >= 15 is 0 Å². The van der Waals surface area contributed by atoms with Gasteiger partial charge < -0.3 is 15.8 Å². The summed E-state index contributed by atoms with van der Waals surface area (Å²) in [4.78, 5) is 34.2. The molecule has 0 bridgehead atoms. The summed E-state index contributed by atoms with van der Waals surface area (Å²) in [6.45, 7) is 8.99. The van der Waals surface area contributed by atoms with E-state index in [0.717, 1.165) is 41.1 Å². The number of aliphatic imine (C=N–C) groups is 1. The van der Waals surface area contributed by atoms with Crippen LogP contribution in [0.2, 0.25) is 5.02 Å². The number of nitrogens with zero attached hydrogens (tertiary/aromatic N) is 5. The van der Waals surface area contributed by atoms with Gasteiger partial charge in [-0.3, -0.25) is 19.6 Å². The molecule has 3 N–H and O–H groups in total. The molecule has 0 radical (unpaired) electrons. The number of thiol groups is 1. The SMILES string of the molecule is CC(C)(C)C.CCN(C)C(S)c1cc([C@@H](COC(=O)NC2CC2)N2C(=O)[C@@H](c3ccc(C4=CN(C(F)F)N(C)C4)cc3)N=C2N)ccc1Cl. The minimum atomic E-state index is -2.64. The second-order valence-electron chi connectivity index (χ2n) is 14.1. The number of hydrazine groups is 1. The van der Waals surface area contributed by atoms with Crippen molar-refractivity contribution in [1.29, 1.82) is 0 Å². The molecule has 10 nitrogen and oxygen atoms in total. The van der Waals surface area contributed by atoms with Gasteiger partial charge in [-0.05, 0) is 71.8 Å². The van der Waals surface area contributed by atoms with E-state index in [-0.39, 0.29) is 29.9 Å². The maximum absolute atomic E-state index is 13.9. The monoisotopic (exact) mass is 719 g/mol.